The van der Waals surface area contributed by atoms with E-state index in [1.807, 2.05) is 11.8 Å². The Labute approximate surface area is 110 Å². The lowest BCUT2D eigenvalue weighted by atomic mass is 10.00. The minimum Gasteiger partial charge on any atom is -0.271 e. The van der Waals surface area contributed by atoms with Gasteiger partial charge in [0, 0.05) is 17.4 Å². The van der Waals surface area contributed by atoms with Gasteiger partial charge in [-0.2, -0.15) is 11.8 Å². The first-order valence-electron chi connectivity index (χ1n) is 6.22. The largest absolute Gasteiger partial charge is 0.271 e. The van der Waals surface area contributed by atoms with Gasteiger partial charge >= 0.3 is 0 Å². The third kappa shape index (κ3) is 3.67. The first-order chi connectivity index (χ1) is 8.69. The molecular formula is C13H18F2N2S. The zero-order chi connectivity index (χ0) is 13.0. The number of nitrogens with two attached hydrogens (primary N) is 1. The molecule has 0 radical (unpaired) electrons. The Kier molecular flexibility index (Phi) is 4.97. The molecule has 2 nitrogen and oxygen atoms in total. The van der Waals surface area contributed by atoms with Crippen LogP contribution in [0, 0.1) is 11.6 Å². The maximum absolute atomic E-state index is 13.1. The lowest BCUT2D eigenvalue weighted by Crippen LogP contribution is -2.45. The summed E-state index contributed by atoms with van der Waals surface area (Å²) in [7, 11) is 0. The quantitative estimate of drug-likeness (QED) is 0.653. The number of benzene rings is 1. The Morgan fingerprint density at radius 1 is 1.28 bits per heavy atom. The lowest BCUT2D eigenvalue weighted by molar-refractivity contribution is 0.469. The highest BCUT2D eigenvalue weighted by atomic mass is 32.2. The van der Waals surface area contributed by atoms with Crippen LogP contribution >= 0.6 is 11.8 Å². The van der Waals surface area contributed by atoms with Crippen LogP contribution in [0.25, 0.3) is 0 Å². The fourth-order valence-corrected chi connectivity index (χ4v) is 3.78. The number of halogens is 2. The van der Waals surface area contributed by atoms with Crippen molar-refractivity contribution < 1.29 is 8.78 Å². The van der Waals surface area contributed by atoms with E-state index in [2.05, 4.69) is 5.43 Å². The van der Waals surface area contributed by atoms with Crippen molar-refractivity contribution in [3.63, 3.8) is 0 Å². The van der Waals surface area contributed by atoms with E-state index in [1.165, 1.54) is 25.0 Å². The highest BCUT2D eigenvalue weighted by molar-refractivity contribution is 8.00. The van der Waals surface area contributed by atoms with Gasteiger partial charge in [-0.25, -0.2) is 8.78 Å². The van der Waals surface area contributed by atoms with Gasteiger partial charge in [-0.15, -0.1) is 0 Å². The van der Waals surface area contributed by atoms with Crippen LogP contribution in [0.4, 0.5) is 8.78 Å². The summed E-state index contributed by atoms with van der Waals surface area (Å²) in [6, 6.07) is 3.71. The molecule has 1 aliphatic rings. The van der Waals surface area contributed by atoms with Crippen molar-refractivity contribution in [2.45, 2.75) is 37.0 Å². The number of nitrogens with one attached hydrogen (secondary N) is 1. The lowest BCUT2D eigenvalue weighted by Gasteiger charge is -2.29. The molecule has 2 rings (SSSR count). The van der Waals surface area contributed by atoms with Gasteiger partial charge in [-0.1, -0.05) is 6.42 Å². The van der Waals surface area contributed by atoms with Crippen molar-refractivity contribution in [2.75, 3.05) is 5.75 Å². The molecule has 3 N–H and O–H groups in total. The topological polar surface area (TPSA) is 38.0 Å². The normalized spacial score (nSPS) is 21.8. The molecule has 1 aromatic carbocycles. The Hall–Kier alpha value is -0.650. The first kappa shape index (κ1) is 13.8. The Bertz CT molecular complexity index is 374. The maximum atomic E-state index is 13.1. The minimum atomic E-state index is -0.530. The van der Waals surface area contributed by atoms with Crippen molar-refractivity contribution in [1.29, 1.82) is 0 Å². The van der Waals surface area contributed by atoms with Gasteiger partial charge in [0.25, 0.3) is 0 Å². The summed E-state index contributed by atoms with van der Waals surface area (Å²) in [6.45, 7) is 0. The van der Waals surface area contributed by atoms with E-state index in [1.54, 1.807) is 0 Å². The number of rotatable bonds is 4. The van der Waals surface area contributed by atoms with E-state index in [4.69, 9.17) is 5.84 Å². The van der Waals surface area contributed by atoms with E-state index in [9.17, 15) is 8.78 Å². The molecule has 0 aliphatic carbocycles. The molecule has 18 heavy (non-hydrogen) atoms. The van der Waals surface area contributed by atoms with Gasteiger partial charge in [-0.3, -0.25) is 11.3 Å². The van der Waals surface area contributed by atoms with E-state index >= 15 is 0 Å². The number of hydrogen-bond acceptors (Lipinski definition) is 3. The fourth-order valence-electron chi connectivity index (χ4n) is 2.36. The van der Waals surface area contributed by atoms with Gasteiger partial charge < -0.3 is 0 Å². The molecule has 5 heteroatoms. The SMILES string of the molecule is NNC(Cc1cc(F)cc(F)c1)C1CCCCS1. The van der Waals surface area contributed by atoms with Crippen LogP contribution in [0.5, 0.6) is 0 Å². The fraction of sp³-hybridized carbons (Fsp3) is 0.538. The second-order valence-electron chi connectivity index (χ2n) is 4.66. The highest BCUT2D eigenvalue weighted by Crippen LogP contribution is 2.28. The van der Waals surface area contributed by atoms with Crippen molar-refractivity contribution in [2.24, 2.45) is 5.84 Å². The van der Waals surface area contributed by atoms with Crippen LogP contribution in [-0.2, 0) is 6.42 Å². The van der Waals surface area contributed by atoms with Crippen molar-refractivity contribution in [3.05, 3.63) is 35.4 Å². The number of hydrogen-bond donors (Lipinski definition) is 2. The molecule has 1 saturated heterocycles. The molecule has 2 atom stereocenters. The molecular weight excluding hydrogens is 254 g/mol. The Morgan fingerprint density at radius 3 is 2.56 bits per heavy atom. The molecule has 0 saturated carbocycles. The molecule has 1 fully saturated rings. The summed E-state index contributed by atoms with van der Waals surface area (Å²) >= 11 is 1.89. The van der Waals surface area contributed by atoms with Crippen molar-refractivity contribution in [3.8, 4) is 0 Å². The molecule has 0 amide bonds. The van der Waals surface area contributed by atoms with E-state index in [0.29, 0.717) is 17.2 Å². The summed E-state index contributed by atoms with van der Waals surface area (Å²) in [5, 5.41) is 0.426. The van der Waals surface area contributed by atoms with Crippen LogP contribution < -0.4 is 11.3 Å². The molecule has 0 spiro atoms. The molecule has 1 aromatic rings. The van der Waals surface area contributed by atoms with Crippen LogP contribution in [0.15, 0.2) is 18.2 Å². The first-order valence-corrected chi connectivity index (χ1v) is 7.26. The second kappa shape index (κ2) is 6.50. The smallest absolute Gasteiger partial charge is 0.126 e. The molecule has 0 bridgehead atoms. The molecule has 1 heterocycles. The standard InChI is InChI=1S/C13H18F2N2S/c14-10-5-9(6-11(15)8-10)7-12(17-16)13-3-1-2-4-18-13/h5-6,8,12-13,17H,1-4,7,16H2. The zero-order valence-corrected chi connectivity index (χ0v) is 11.0. The third-order valence-corrected chi connectivity index (χ3v) is 4.77. The predicted molar refractivity (Wildman–Crippen MR) is 71.3 cm³/mol. The summed E-state index contributed by atoms with van der Waals surface area (Å²) in [4.78, 5) is 0. The van der Waals surface area contributed by atoms with Gasteiger partial charge in [0.2, 0.25) is 0 Å². The van der Waals surface area contributed by atoms with Crippen LogP contribution in [-0.4, -0.2) is 17.0 Å². The monoisotopic (exact) mass is 272 g/mol. The summed E-state index contributed by atoms with van der Waals surface area (Å²) in [5.41, 5.74) is 3.45. The van der Waals surface area contributed by atoms with Crippen LogP contribution in [0.2, 0.25) is 0 Å². The Morgan fingerprint density at radius 2 is 2.00 bits per heavy atom. The summed E-state index contributed by atoms with van der Waals surface area (Å²) in [6.07, 6.45) is 4.11. The van der Waals surface area contributed by atoms with Gasteiger partial charge in [0.15, 0.2) is 0 Å². The molecule has 100 valence electrons. The number of hydrazine groups is 1. The second-order valence-corrected chi connectivity index (χ2v) is 6.01. The average molecular weight is 272 g/mol. The maximum Gasteiger partial charge on any atom is 0.126 e. The Balaban J connectivity index is 2.04. The predicted octanol–water partition coefficient (Wildman–Crippen LogP) is 2.62. The van der Waals surface area contributed by atoms with Crippen molar-refractivity contribution in [1.82, 2.24) is 5.43 Å². The average Bonchev–Trinajstić information content (AvgIpc) is 2.36. The van der Waals surface area contributed by atoms with Crippen molar-refractivity contribution >= 4 is 11.8 Å². The van der Waals surface area contributed by atoms with Gasteiger partial charge in [0.1, 0.15) is 11.6 Å². The van der Waals surface area contributed by atoms with Crippen LogP contribution in [0.1, 0.15) is 24.8 Å². The number of thioether (sulfide) groups is 1. The van der Waals surface area contributed by atoms with Gasteiger partial charge in [-0.05, 0) is 42.7 Å². The van der Waals surface area contributed by atoms with E-state index in [-0.39, 0.29) is 6.04 Å². The zero-order valence-electron chi connectivity index (χ0n) is 10.2. The van der Waals surface area contributed by atoms with E-state index < -0.39 is 11.6 Å². The van der Waals surface area contributed by atoms with E-state index in [0.717, 1.165) is 18.2 Å². The summed E-state index contributed by atoms with van der Waals surface area (Å²) < 4.78 is 26.3. The molecule has 0 aromatic heterocycles. The van der Waals surface area contributed by atoms with Gasteiger partial charge in [0.05, 0.1) is 0 Å². The summed E-state index contributed by atoms with van der Waals surface area (Å²) in [5.74, 6) is 5.65. The third-order valence-electron chi connectivity index (χ3n) is 3.26. The molecule has 1 aliphatic heterocycles. The molecule has 2 unspecified atom stereocenters. The highest BCUT2D eigenvalue weighted by Gasteiger charge is 2.23. The van der Waals surface area contributed by atoms with Crippen LogP contribution in [0.3, 0.4) is 0 Å². The minimum absolute atomic E-state index is 0.0662.